The molecule has 0 saturated carbocycles. The second-order valence-electron chi connectivity index (χ2n) is 6.58. The van der Waals surface area contributed by atoms with Crippen LogP contribution in [0.15, 0.2) is 6.33 Å². The molecule has 0 bridgehead atoms. The number of nitrogens with zero attached hydrogens (tertiary/aromatic N) is 2. The highest BCUT2D eigenvalue weighted by Crippen LogP contribution is 2.34. The fourth-order valence-corrected chi connectivity index (χ4v) is 3.18. The summed E-state index contributed by atoms with van der Waals surface area (Å²) < 4.78 is 6.01. The minimum atomic E-state index is 0.141. The SMILES string of the molecule is CNc1c(Cl)ncnc1NCC1CCCOC1C(C)(C)C. The number of anilines is 2. The zero-order valence-corrected chi connectivity index (χ0v) is 14.0. The molecule has 1 saturated heterocycles. The molecule has 2 unspecified atom stereocenters. The molecule has 1 aliphatic rings. The molecule has 2 N–H and O–H groups in total. The van der Waals surface area contributed by atoms with Gasteiger partial charge in [0.05, 0.1) is 6.10 Å². The minimum absolute atomic E-state index is 0.141. The summed E-state index contributed by atoms with van der Waals surface area (Å²) in [6.07, 6.45) is 4.02. The van der Waals surface area contributed by atoms with Gasteiger partial charge in [0.25, 0.3) is 0 Å². The van der Waals surface area contributed by atoms with Gasteiger partial charge in [-0.05, 0) is 18.3 Å². The van der Waals surface area contributed by atoms with Crippen molar-refractivity contribution in [3.63, 3.8) is 0 Å². The molecule has 0 aromatic carbocycles. The van der Waals surface area contributed by atoms with Gasteiger partial charge in [-0.25, -0.2) is 9.97 Å². The Morgan fingerprint density at radius 3 is 2.81 bits per heavy atom. The smallest absolute Gasteiger partial charge is 0.157 e. The Morgan fingerprint density at radius 1 is 1.38 bits per heavy atom. The van der Waals surface area contributed by atoms with E-state index in [9.17, 15) is 0 Å². The number of hydrogen-bond acceptors (Lipinski definition) is 5. The quantitative estimate of drug-likeness (QED) is 0.834. The predicted molar refractivity (Wildman–Crippen MR) is 87.0 cm³/mol. The van der Waals surface area contributed by atoms with Crippen LogP contribution in [0.4, 0.5) is 11.5 Å². The Hall–Kier alpha value is -1.07. The first-order valence-corrected chi connectivity index (χ1v) is 7.85. The maximum Gasteiger partial charge on any atom is 0.157 e. The first kappa shape index (κ1) is 16.3. The lowest BCUT2D eigenvalue weighted by Gasteiger charge is -2.40. The van der Waals surface area contributed by atoms with Gasteiger partial charge in [-0.1, -0.05) is 32.4 Å². The van der Waals surface area contributed by atoms with Crippen LogP contribution in [0.1, 0.15) is 33.6 Å². The van der Waals surface area contributed by atoms with E-state index in [1.165, 1.54) is 12.7 Å². The average molecular weight is 313 g/mol. The molecule has 2 atom stereocenters. The van der Waals surface area contributed by atoms with Crippen molar-refractivity contribution in [2.75, 3.05) is 30.8 Å². The summed E-state index contributed by atoms with van der Waals surface area (Å²) in [5.41, 5.74) is 0.880. The van der Waals surface area contributed by atoms with Crippen LogP contribution in [-0.4, -0.2) is 36.3 Å². The van der Waals surface area contributed by atoms with E-state index < -0.39 is 0 Å². The van der Waals surface area contributed by atoms with Gasteiger partial charge in [0, 0.05) is 26.1 Å². The van der Waals surface area contributed by atoms with Gasteiger partial charge in [0.2, 0.25) is 0 Å². The van der Waals surface area contributed by atoms with Gasteiger partial charge in [-0.15, -0.1) is 0 Å². The van der Waals surface area contributed by atoms with Crippen LogP contribution >= 0.6 is 11.6 Å². The van der Waals surface area contributed by atoms with Gasteiger partial charge >= 0.3 is 0 Å². The molecule has 0 spiro atoms. The standard InChI is InChI=1S/C15H25ClN4O/c1-15(2,3)12-10(6-5-7-21-12)8-18-14-11(17-4)13(16)19-9-20-14/h9-10,12,17H,5-8H2,1-4H3,(H,18,19,20). The van der Waals surface area contributed by atoms with E-state index in [-0.39, 0.29) is 11.5 Å². The predicted octanol–water partition coefficient (Wildman–Crippen LogP) is 3.42. The lowest BCUT2D eigenvalue weighted by molar-refractivity contribution is -0.0814. The number of halogens is 1. The van der Waals surface area contributed by atoms with Crippen LogP contribution in [-0.2, 0) is 4.74 Å². The van der Waals surface area contributed by atoms with Crippen molar-refractivity contribution in [1.82, 2.24) is 9.97 Å². The van der Waals surface area contributed by atoms with Gasteiger partial charge in [0.1, 0.15) is 12.0 Å². The Labute approximate surface area is 131 Å². The van der Waals surface area contributed by atoms with Crippen molar-refractivity contribution in [2.24, 2.45) is 11.3 Å². The summed E-state index contributed by atoms with van der Waals surface area (Å²) in [5.74, 6) is 1.22. The third-order valence-electron chi connectivity index (χ3n) is 3.88. The van der Waals surface area contributed by atoms with E-state index in [1.807, 2.05) is 7.05 Å². The molecule has 0 aliphatic carbocycles. The molecular weight excluding hydrogens is 288 g/mol. The summed E-state index contributed by atoms with van der Waals surface area (Å²) in [4.78, 5) is 8.26. The van der Waals surface area contributed by atoms with Crippen LogP contribution in [0.5, 0.6) is 0 Å². The Bertz CT molecular complexity index is 475. The van der Waals surface area contributed by atoms with Crippen LogP contribution in [0.25, 0.3) is 0 Å². The molecule has 2 rings (SSSR count). The van der Waals surface area contributed by atoms with E-state index in [0.717, 1.165) is 31.1 Å². The van der Waals surface area contributed by atoms with Crippen LogP contribution < -0.4 is 10.6 Å². The summed E-state index contributed by atoms with van der Waals surface area (Å²) in [6.45, 7) is 8.38. The van der Waals surface area contributed by atoms with E-state index in [2.05, 4.69) is 41.4 Å². The van der Waals surface area contributed by atoms with E-state index in [4.69, 9.17) is 16.3 Å². The van der Waals surface area contributed by atoms with Crippen LogP contribution in [0.3, 0.4) is 0 Å². The van der Waals surface area contributed by atoms with Crippen molar-refractivity contribution in [3.8, 4) is 0 Å². The Morgan fingerprint density at radius 2 is 2.14 bits per heavy atom. The number of aromatic nitrogens is 2. The molecule has 1 aromatic heterocycles. The molecule has 1 aromatic rings. The number of hydrogen-bond donors (Lipinski definition) is 2. The summed E-state index contributed by atoms with van der Waals surface area (Å²) in [6, 6.07) is 0. The summed E-state index contributed by atoms with van der Waals surface area (Å²) >= 11 is 6.07. The van der Waals surface area contributed by atoms with Crippen LogP contribution in [0, 0.1) is 11.3 Å². The van der Waals surface area contributed by atoms with Crippen molar-refractivity contribution < 1.29 is 4.74 Å². The van der Waals surface area contributed by atoms with Gasteiger partial charge in [-0.3, -0.25) is 0 Å². The molecular formula is C15H25ClN4O. The third kappa shape index (κ3) is 3.98. The molecule has 0 amide bonds. The summed E-state index contributed by atoms with van der Waals surface area (Å²) in [5, 5.41) is 6.87. The monoisotopic (exact) mass is 312 g/mol. The molecule has 1 fully saturated rings. The maximum absolute atomic E-state index is 6.07. The average Bonchev–Trinajstić information content (AvgIpc) is 2.44. The lowest BCUT2D eigenvalue weighted by Crippen LogP contribution is -2.42. The second kappa shape index (κ2) is 6.79. The lowest BCUT2D eigenvalue weighted by atomic mass is 9.78. The Kier molecular flexibility index (Phi) is 5.27. The normalized spacial score (nSPS) is 22.9. The number of ether oxygens (including phenoxy) is 1. The first-order chi connectivity index (χ1) is 9.93. The number of rotatable bonds is 4. The maximum atomic E-state index is 6.07. The number of nitrogens with one attached hydrogen (secondary N) is 2. The first-order valence-electron chi connectivity index (χ1n) is 7.47. The van der Waals surface area contributed by atoms with Crippen molar-refractivity contribution in [2.45, 2.75) is 39.7 Å². The van der Waals surface area contributed by atoms with Gasteiger partial charge in [0.15, 0.2) is 11.0 Å². The zero-order valence-electron chi connectivity index (χ0n) is 13.2. The fraction of sp³-hybridized carbons (Fsp3) is 0.733. The highest BCUT2D eigenvalue weighted by atomic mass is 35.5. The van der Waals surface area contributed by atoms with Crippen molar-refractivity contribution in [1.29, 1.82) is 0 Å². The second-order valence-corrected chi connectivity index (χ2v) is 6.94. The zero-order chi connectivity index (χ0) is 15.5. The Balaban J connectivity index is 2.06. The van der Waals surface area contributed by atoms with Crippen molar-refractivity contribution in [3.05, 3.63) is 11.5 Å². The van der Waals surface area contributed by atoms with E-state index in [1.54, 1.807) is 0 Å². The van der Waals surface area contributed by atoms with Crippen LogP contribution in [0.2, 0.25) is 5.15 Å². The van der Waals surface area contributed by atoms with Crippen molar-refractivity contribution >= 4 is 23.1 Å². The van der Waals surface area contributed by atoms with Gasteiger partial charge in [-0.2, -0.15) is 0 Å². The van der Waals surface area contributed by atoms with E-state index in [0.29, 0.717) is 11.1 Å². The third-order valence-corrected chi connectivity index (χ3v) is 4.17. The fourth-order valence-electron chi connectivity index (χ4n) is 2.96. The van der Waals surface area contributed by atoms with E-state index >= 15 is 0 Å². The molecule has 5 nitrogen and oxygen atoms in total. The topological polar surface area (TPSA) is 59.1 Å². The molecule has 0 radical (unpaired) electrons. The van der Waals surface area contributed by atoms with Gasteiger partial charge < -0.3 is 15.4 Å². The highest BCUT2D eigenvalue weighted by Gasteiger charge is 2.35. The molecule has 21 heavy (non-hydrogen) atoms. The molecule has 1 aliphatic heterocycles. The highest BCUT2D eigenvalue weighted by molar-refractivity contribution is 6.32. The molecule has 118 valence electrons. The largest absolute Gasteiger partial charge is 0.383 e. The summed E-state index contributed by atoms with van der Waals surface area (Å²) in [7, 11) is 1.82. The minimum Gasteiger partial charge on any atom is -0.383 e. The molecule has 2 heterocycles. The molecule has 6 heteroatoms.